The molecule has 0 saturated carbocycles. The first kappa shape index (κ1) is 28.1. The Hall–Kier alpha value is -4.48. The summed E-state index contributed by atoms with van der Waals surface area (Å²) in [6.45, 7) is 3.63. The summed E-state index contributed by atoms with van der Waals surface area (Å²) in [5.41, 5.74) is 3.86. The lowest BCUT2D eigenvalue weighted by molar-refractivity contribution is 0.0696. The number of hydrogen-bond acceptors (Lipinski definition) is 7. The molecule has 4 N–H and O–H groups in total. The number of aromatic amines is 1. The number of aryl methyl sites for hydroxylation is 1. The van der Waals surface area contributed by atoms with Crippen LogP contribution in [-0.2, 0) is 9.84 Å². The van der Waals surface area contributed by atoms with E-state index in [1.165, 1.54) is 6.07 Å². The van der Waals surface area contributed by atoms with Crippen LogP contribution in [0.25, 0.3) is 10.9 Å². The average molecular weight is 575 g/mol. The van der Waals surface area contributed by atoms with E-state index in [0.717, 1.165) is 5.56 Å². The van der Waals surface area contributed by atoms with Crippen LogP contribution in [0.1, 0.15) is 37.4 Å². The van der Waals surface area contributed by atoms with Crippen molar-refractivity contribution in [1.29, 1.82) is 0 Å². The second-order valence-corrected chi connectivity index (χ2v) is 12.3. The van der Waals surface area contributed by atoms with E-state index in [1.807, 2.05) is 35.2 Å². The highest BCUT2D eigenvalue weighted by molar-refractivity contribution is 7.91. The highest BCUT2D eigenvalue weighted by Gasteiger charge is 2.22. The Morgan fingerprint density at radius 3 is 2.34 bits per heavy atom. The minimum absolute atomic E-state index is 0.133. The summed E-state index contributed by atoms with van der Waals surface area (Å²) in [6.07, 6.45) is 0. The second-order valence-electron chi connectivity index (χ2n) is 9.99. The number of sulfone groups is 1. The molecule has 1 amide bonds. The number of carboxylic acid groups (broad SMARTS) is 1. The van der Waals surface area contributed by atoms with Crippen LogP contribution in [0.15, 0.2) is 71.7 Å². The minimum Gasteiger partial charge on any atom is -0.494 e. The molecule has 0 bridgehead atoms. The summed E-state index contributed by atoms with van der Waals surface area (Å²) in [6, 6.07) is 19.3. The molecule has 1 aliphatic rings. The Kier molecular flexibility index (Phi) is 7.91. The van der Waals surface area contributed by atoms with Gasteiger partial charge in [-0.3, -0.25) is 9.69 Å². The number of carboxylic acids is 1. The van der Waals surface area contributed by atoms with Crippen LogP contribution in [0.2, 0.25) is 0 Å². The number of carbonyl (C=O) groups is 2. The van der Waals surface area contributed by atoms with Gasteiger partial charge in [0.2, 0.25) is 0 Å². The van der Waals surface area contributed by atoms with E-state index in [4.69, 9.17) is 4.99 Å². The van der Waals surface area contributed by atoms with Crippen molar-refractivity contribution >= 4 is 44.0 Å². The average Bonchev–Trinajstić information content (AvgIpc) is 3.27. The number of aliphatic imine (C=N–C) groups is 1. The summed E-state index contributed by atoms with van der Waals surface area (Å²) in [5.74, 6) is -1.14. The van der Waals surface area contributed by atoms with Crippen molar-refractivity contribution in [1.82, 2.24) is 15.2 Å². The van der Waals surface area contributed by atoms with Crippen LogP contribution >= 0.6 is 0 Å². The number of benzene rings is 3. The van der Waals surface area contributed by atoms with Gasteiger partial charge in [-0.2, -0.15) is 0 Å². The standard InChI is InChI=1S/C30H30N4O6S/c1-19-17-24-25(18-23(19)30(37)38)33-29(36)26(24)27(20-5-3-2-4-6-20)32-22-9-7-21(8-10-22)28(35)31-11-12-34-13-15-41(39,40)16-14-34/h2-10,17-18,33,36H,11-16H2,1H3,(H,31,35)(H,37,38). The smallest absolute Gasteiger partial charge is 0.336 e. The topological polar surface area (TPSA) is 152 Å². The zero-order valence-corrected chi connectivity index (χ0v) is 23.2. The minimum atomic E-state index is -2.94. The molecule has 1 aromatic heterocycles. The number of aromatic carboxylic acids is 1. The normalized spacial score (nSPS) is 15.6. The third-order valence-electron chi connectivity index (χ3n) is 7.16. The van der Waals surface area contributed by atoms with Crippen molar-refractivity contribution < 1.29 is 28.2 Å². The maximum Gasteiger partial charge on any atom is 0.336 e. The molecule has 10 nitrogen and oxygen atoms in total. The molecule has 1 saturated heterocycles. The molecule has 0 unspecified atom stereocenters. The fourth-order valence-corrected chi connectivity index (χ4v) is 6.16. The molecule has 3 aromatic carbocycles. The Morgan fingerprint density at radius 2 is 1.68 bits per heavy atom. The van der Waals surface area contributed by atoms with Crippen LogP contribution in [0.4, 0.5) is 5.69 Å². The number of carbonyl (C=O) groups excluding carboxylic acids is 1. The van der Waals surface area contributed by atoms with Gasteiger partial charge in [-0.05, 0) is 48.9 Å². The quantitative estimate of drug-likeness (QED) is 0.235. The number of H-pyrrole nitrogens is 1. The molecule has 5 rings (SSSR count). The van der Waals surface area contributed by atoms with Crippen LogP contribution in [0.5, 0.6) is 5.88 Å². The number of aromatic hydroxyl groups is 1. The molecule has 0 radical (unpaired) electrons. The summed E-state index contributed by atoms with van der Waals surface area (Å²) >= 11 is 0. The predicted molar refractivity (Wildman–Crippen MR) is 157 cm³/mol. The van der Waals surface area contributed by atoms with Gasteiger partial charge >= 0.3 is 5.97 Å². The van der Waals surface area contributed by atoms with Crippen molar-refractivity contribution in [3.8, 4) is 5.88 Å². The fourth-order valence-electron chi connectivity index (χ4n) is 4.89. The van der Waals surface area contributed by atoms with Crippen molar-refractivity contribution in [3.63, 3.8) is 0 Å². The van der Waals surface area contributed by atoms with Gasteiger partial charge in [0.15, 0.2) is 15.7 Å². The molecule has 0 atom stereocenters. The highest BCUT2D eigenvalue weighted by atomic mass is 32.2. The molecule has 4 aromatic rings. The molecule has 11 heteroatoms. The Morgan fingerprint density at radius 1 is 1.00 bits per heavy atom. The highest BCUT2D eigenvalue weighted by Crippen LogP contribution is 2.33. The SMILES string of the molecule is Cc1cc2c(C(=Nc3ccc(C(=O)NCCN4CCS(=O)(=O)CC4)cc3)c3ccccc3)c(O)[nH]c2cc1C(=O)O. The van der Waals surface area contributed by atoms with E-state index >= 15 is 0 Å². The first-order valence-corrected chi connectivity index (χ1v) is 15.0. The summed E-state index contributed by atoms with van der Waals surface area (Å²) < 4.78 is 23.2. The van der Waals surface area contributed by atoms with Gasteiger partial charge < -0.3 is 20.5 Å². The Labute approximate surface area is 237 Å². The van der Waals surface area contributed by atoms with Crippen molar-refractivity contribution in [2.45, 2.75) is 6.92 Å². The first-order valence-electron chi connectivity index (χ1n) is 13.2. The number of rotatable bonds is 8. The van der Waals surface area contributed by atoms with Gasteiger partial charge in [0.25, 0.3) is 5.91 Å². The molecule has 0 aliphatic carbocycles. The van der Waals surface area contributed by atoms with Gasteiger partial charge in [0.05, 0.1) is 34.0 Å². The summed E-state index contributed by atoms with van der Waals surface area (Å²) in [5, 5.41) is 23.9. The Balaban J connectivity index is 1.39. The largest absolute Gasteiger partial charge is 0.494 e. The lowest BCUT2D eigenvalue weighted by atomic mass is 9.98. The lowest BCUT2D eigenvalue weighted by Gasteiger charge is -2.26. The van der Waals surface area contributed by atoms with E-state index in [2.05, 4.69) is 10.3 Å². The fraction of sp³-hybridized carbons (Fsp3) is 0.233. The Bertz CT molecular complexity index is 1730. The van der Waals surface area contributed by atoms with E-state index in [9.17, 15) is 28.2 Å². The summed E-state index contributed by atoms with van der Waals surface area (Å²) in [7, 11) is -2.94. The van der Waals surface area contributed by atoms with Gasteiger partial charge in [-0.15, -0.1) is 0 Å². The molecule has 0 spiro atoms. The van der Waals surface area contributed by atoms with E-state index in [-0.39, 0.29) is 28.9 Å². The van der Waals surface area contributed by atoms with Crippen LogP contribution in [0, 0.1) is 6.92 Å². The molecule has 2 heterocycles. The van der Waals surface area contributed by atoms with E-state index in [0.29, 0.717) is 65.2 Å². The van der Waals surface area contributed by atoms with Crippen LogP contribution in [-0.4, -0.2) is 83.8 Å². The molecule has 1 fully saturated rings. The van der Waals surface area contributed by atoms with Gasteiger partial charge in [-0.1, -0.05) is 30.3 Å². The number of nitrogens with zero attached hydrogens (tertiary/aromatic N) is 2. The third kappa shape index (κ3) is 6.31. The number of fused-ring (bicyclic) bond motifs is 1. The van der Waals surface area contributed by atoms with Crippen LogP contribution < -0.4 is 5.32 Å². The third-order valence-corrected chi connectivity index (χ3v) is 8.77. The molecular formula is C30H30N4O6S. The predicted octanol–water partition coefficient (Wildman–Crippen LogP) is 3.51. The number of amides is 1. The van der Waals surface area contributed by atoms with Crippen molar-refractivity contribution in [3.05, 3.63) is 94.5 Å². The molecule has 41 heavy (non-hydrogen) atoms. The zero-order chi connectivity index (χ0) is 29.1. The lowest BCUT2D eigenvalue weighted by Crippen LogP contribution is -2.43. The monoisotopic (exact) mass is 574 g/mol. The van der Waals surface area contributed by atoms with E-state index < -0.39 is 15.8 Å². The zero-order valence-electron chi connectivity index (χ0n) is 22.4. The van der Waals surface area contributed by atoms with Crippen molar-refractivity contribution in [2.24, 2.45) is 4.99 Å². The molecule has 212 valence electrons. The van der Waals surface area contributed by atoms with E-state index in [1.54, 1.807) is 37.3 Å². The summed E-state index contributed by atoms with van der Waals surface area (Å²) in [4.78, 5) is 34.1. The van der Waals surface area contributed by atoms with Crippen molar-refractivity contribution in [2.75, 3.05) is 37.7 Å². The number of aromatic nitrogens is 1. The first-order chi connectivity index (χ1) is 19.6. The van der Waals surface area contributed by atoms with Gasteiger partial charge in [-0.25, -0.2) is 18.2 Å². The van der Waals surface area contributed by atoms with Crippen LogP contribution in [0.3, 0.4) is 0 Å². The van der Waals surface area contributed by atoms with Gasteiger partial charge in [0.1, 0.15) is 0 Å². The molecular weight excluding hydrogens is 544 g/mol. The number of nitrogens with one attached hydrogen (secondary N) is 2. The molecule has 1 aliphatic heterocycles. The van der Waals surface area contributed by atoms with Gasteiger partial charge in [0, 0.05) is 48.2 Å². The maximum atomic E-state index is 12.7. The number of hydrogen-bond donors (Lipinski definition) is 4. The second kappa shape index (κ2) is 11.6. The maximum absolute atomic E-state index is 12.7.